The van der Waals surface area contributed by atoms with E-state index in [1.165, 1.54) is 6.07 Å². The molecule has 2 atom stereocenters. The van der Waals surface area contributed by atoms with Crippen molar-refractivity contribution in [3.8, 4) is 10.7 Å². The molecule has 208 valence electrons. The van der Waals surface area contributed by atoms with Crippen LogP contribution in [0.5, 0.6) is 0 Å². The summed E-state index contributed by atoms with van der Waals surface area (Å²) in [4.78, 5) is 16.0. The molecule has 1 N–H and O–H groups in total. The van der Waals surface area contributed by atoms with Crippen molar-refractivity contribution in [2.45, 2.75) is 57.4 Å². The molecular formula is C24H33F2N7O3S2. The molecule has 1 fully saturated rings. The number of aromatic nitrogens is 4. The summed E-state index contributed by atoms with van der Waals surface area (Å²) in [6, 6.07) is 2.90. The smallest absolute Gasteiger partial charge is 0.291 e. The van der Waals surface area contributed by atoms with Crippen LogP contribution < -0.4 is 9.62 Å². The number of fused-ring (bicyclic) bond motifs is 1. The zero-order valence-electron chi connectivity index (χ0n) is 22.1. The van der Waals surface area contributed by atoms with E-state index in [0.717, 1.165) is 17.8 Å². The van der Waals surface area contributed by atoms with Crippen LogP contribution in [0, 0.1) is 5.92 Å². The van der Waals surface area contributed by atoms with Crippen LogP contribution in [-0.2, 0) is 21.9 Å². The van der Waals surface area contributed by atoms with Crippen LogP contribution in [0.25, 0.3) is 21.6 Å². The molecule has 2 unspecified atom stereocenters. The van der Waals surface area contributed by atoms with Crippen molar-refractivity contribution in [3.05, 3.63) is 17.1 Å². The molecule has 3 aromatic rings. The summed E-state index contributed by atoms with van der Waals surface area (Å²) in [7, 11) is -0.351. The minimum absolute atomic E-state index is 0.0647. The first-order valence-electron chi connectivity index (χ1n) is 12.6. The average molecular weight is 570 g/mol. The summed E-state index contributed by atoms with van der Waals surface area (Å²) in [6.07, 6.45) is -0.871. The Morgan fingerprint density at radius 1 is 1.29 bits per heavy atom. The molecule has 1 amide bonds. The number of sulfonamides is 1. The standard InChI is InChI=1S/C24H33F2N7O3S2/c1-6-14(3)30-38(35,36)16-10-17-20(23-27-28-24(37-23)22(25)26)29-32(5)21(17)18(11-16)33-9-8-15(13-33)12-31(4)19(34)7-2/h10-11,14-15,22,30H,6-9,12-13H2,1-5H3. The predicted octanol–water partition coefficient (Wildman–Crippen LogP) is 3.80. The third kappa shape index (κ3) is 5.66. The minimum Gasteiger partial charge on any atom is -0.369 e. The number of halogens is 2. The van der Waals surface area contributed by atoms with Gasteiger partial charge in [-0.15, -0.1) is 10.2 Å². The zero-order valence-corrected chi connectivity index (χ0v) is 23.7. The fourth-order valence-corrected chi connectivity index (χ4v) is 6.79. The lowest BCUT2D eigenvalue weighted by Crippen LogP contribution is -2.33. The van der Waals surface area contributed by atoms with Crippen molar-refractivity contribution >= 4 is 43.9 Å². The third-order valence-electron chi connectivity index (χ3n) is 6.89. The molecule has 1 saturated heterocycles. The number of hydrogen-bond acceptors (Lipinski definition) is 8. The summed E-state index contributed by atoms with van der Waals surface area (Å²) in [5, 5.41) is 12.3. The number of anilines is 1. The Labute approximate surface area is 225 Å². The van der Waals surface area contributed by atoms with E-state index >= 15 is 0 Å². The Hall–Kier alpha value is -2.71. The Morgan fingerprint density at radius 2 is 2.03 bits per heavy atom. The highest BCUT2D eigenvalue weighted by atomic mass is 32.2. The Morgan fingerprint density at radius 3 is 2.66 bits per heavy atom. The van der Waals surface area contributed by atoms with E-state index in [2.05, 4.69) is 24.9 Å². The highest BCUT2D eigenvalue weighted by molar-refractivity contribution is 7.89. The van der Waals surface area contributed by atoms with Crippen molar-refractivity contribution in [1.29, 1.82) is 0 Å². The number of carbonyl (C=O) groups is 1. The van der Waals surface area contributed by atoms with Gasteiger partial charge in [0.25, 0.3) is 6.43 Å². The van der Waals surface area contributed by atoms with Gasteiger partial charge in [0, 0.05) is 51.6 Å². The Bertz CT molecular complexity index is 1420. The molecule has 3 heterocycles. The van der Waals surface area contributed by atoms with Gasteiger partial charge in [0.15, 0.2) is 10.0 Å². The molecule has 0 bridgehead atoms. The van der Waals surface area contributed by atoms with Gasteiger partial charge in [-0.05, 0) is 37.8 Å². The molecule has 4 rings (SSSR count). The minimum atomic E-state index is -3.88. The van der Waals surface area contributed by atoms with E-state index in [-0.39, 0.29) is 27.8 Å². The number of nitrogens with one attached hydrogen (secondary N) is 1. The van der Waals surface area contributed by atoms with Crippen LogP contribution >= 0.6 is 11.3 Å². The number of aryl methyl sites for hydroxylation is 1. The van der Waals surface area contributed by atoms with E-state index in [4.69, 9.17) is 0 Å². The number of carbonyl (C=O) groups excluding carboxylic acids is 1. The average Bonchev–Trinajstić information content (AvgIpc) is 3.62. The molecule has 10 nitrogen and oxygen atoms in total. The summed E-state index contributed by atoms with van der Waals surface area (Å²) >= 11 is 0.736. The maximum absolute atomic E-state index is 13.4. The molecular weight excluding hydrogens is 536 g/mol. The van der Waals surface area contributed by atoms with E-state index in [1.807, 2.05) is 13.8 Å². The lowest BCUT2D eigenvalue weighted by molar-refractivity contribution is -0.130. The van der Waals surface area contributed by atoms with Crippen molar-refractivity contribution < 1.29 is 22.0 Å². The summed E-state index contributed by atoms with van der Waals surface area (Å²) in [6.45, 7) is 7.43. The van der Waals surface area contributed by atoms with Gasteiger partial charge in [-0.2, -0.15) is 5.10 Å². The molecule has 0 saturated carbocycles. The highest BCUT2D eigenvalue weighted by Crippen LogP contribution is 2.39. The van der Waals surface area contributed by atoms with Gasteiger partial charge < -0.3 is 9.80 Å². The van der Waals surface area contributed by atoms with Crippen LogP contribution in [0.3, 0.4) is 0 Å². The molecule has 0 radical (unpaired) electrons. The van der Waals surface area contributed by atoms with Gasteiger partial charge in [-0.25, -0.2) is 21.9 Å². The van der Waals surface area contributed by atoms with Gasteiger partial charge in [-0.1, -0.05) is 25.2 Å². The molecule has 2 aromatic heterocycles. The molecule has 1 aliphatic heterocycles. The number of nitrogens with zero attached hydrogens (tertiary/aromatic N) is 6. The maximum atomic E-state index is 13.4. The van der Waals surface area contributed by atoms with Crippen LogP contribution in [-0.4, -0.2) is 71.9 Å². The quantitative estimate of drug-likeness (QED) is 0.395. The molecule has 1 aliphatic rings. The first-order valence-corrected chi connectivity index (χ1v) is 14.9. The van der Waals surface area contributed by atoms with E-state index < -0.39 is 21.5 Å². The Kier molecular flexibility index (Phi) is 8.33. The molecule has 14 heteroatoms. The summed E-state index contributed by atoms with van der Waals surface area (Å²) in [5.74, 6) is 0.292. The largest absolute Gasteiger partial charge is 0.369 e. The fourth-order valence-electron chi connectivity index (χ4n) is 4.72. The Balaban J connectivity index is 1.81. The second-order valence-electron chi connectivity index (χ2n) is 9.72. The number of hydrogen-bond donors (Lipinski definition) is 1. The second kappa shape index (κ2) is 11.2. The molecule has 1 aromatic carbocycles. The first-order chi connectivity index (χ1) is 17.9. The fraction of sp³-hybridized carbons (Fsp3) is 0.583. The highest BCUT2D eigenvalue weighted by Gasteiger charge is 2.30. The molecule has 0 spiro atoms. The first kappa shape index (κ1) is 28.3. The van der Waals surface area contributed by atoms with E-state index in [0.29, 0.717) is 54.8 Å². The van der Waals surface area contributed by atoms with Gasteiger partial charge in [0.05, 0.1) is 16.1 Å². The SMILES string of the molecule is CCC(=O)N(C)CC1CCN(c2cc(S(=O)(=O)NC(C)CC)cc3c(-c4nnc(C(F)F)s4)nn(C)c23)C1. The van der Waals surface area contributed by atoms with Crippen molar-refractivity contribution in [3.63, 3.8) is 0 Å². The number of benzene rings is 1. The summed E-state index contributed by atoms with van der Waals surface area (Å²) < 4.78 is 57.5. The predicted molar refractivity (Wildman–Crippen MR) is 143 cm³/mol. The number of rotatable bonds is 10. The van der Waals surface area contributed by atoms with E-state index in [9.17, 15) is 22.0 Å². The van der Waals surface area contributed by atoms with Gasteiger partial charge in [-0.3, -0.25) is 9.48 Å². The van der Waals surface area contributed by atoms with Crippen molar-refractivity contribution in [2.24, 2.45) is 13.0 Å². The molecule has 0 aliphatic carbocycles. The van der Waals surface area contributed by atoms with Gasteiger partial charge in [0.2, 0.25) is 15.9 Å². The number of amides is 1. The topological polar surface area (TPSA) is 113 Å². The lowest BCUT2D eigenvalue weighted by Gasteiger charge is -2.24. The second-order valence-corrected chi connectivity index (χ2v) is 12.4. The van der Waals surface area contributed by atoms with Crippen LogP contribution in [0.4, 0.5) is 14.5 Å². The lowest BCUT2D eigenvalue weighted by atomic mass is 10.1. The molecule has 38 heavy (non-hydrogen) atoms. The third-order valence-corrected chi connectivity index (χ3v) is 9.39. The van der Waals surface area contributed by atoms with Gasteiger partial charge in [0.1, 0.15) is 5.69 Å². The monoisotopic (exact) mass is 569 g/mol. The van der Waals surface area contributed by atoms with E-state index in [1.54, 1.807) is 36.7 Å². The zero-order chi connectivity index (χ0) is 27.8. The van der Waals surface area contributed by atoms with Crippen molar-refractivity contribution in [1.82, 2.24) is 29.6 Å². The van der Waals surface area contributed by atoms with Gasteiger partial charge >= 0.3 is 0 Å². The van der Waals surface area contributed by atoms with Crippen molar-refractivity contribution in [2.75, 3.05) is 31.6 Å². The number of alkyl halides is 2. The van der Waals surface area contributed by atoms with Crippen LogP contribution in [0.15, 0.2) is 17.0 Å². The summed E-state index contributed by atoms with van der Waals surface area (Å²) in [5.41, 5.74) is 1.66. The normalized spacial score (nSPS) is 17.1. The maximum Gasteiger partial charge on any atom is 0.291 e. The van der Waals surface area contributed by atoms with Crippen LogP contribution in [0.2, 0.25) is 0 Å². The van der Waals surface area contributed by atoms with Crippen LogP contribution in [0.1, 0.15) is 51.5 Å².